The maximum absolute atomic E-state index is 12.7. The number of carbonyl (C=O) groups is 1. The number of H-pyrrole nitrogens is 1. The first kappa shape index (κ1) is 22.1. The molecule has 1 atom stereocenters. The summed E-state index contributed by atoms with van der Waals surface area (Å²) in [5.74, 6) is 1.58. The number of aromatic amines is 1. The molecule has 0 saturated heterocycles. The number of furan rings is 1. The summed E-state index contributed by atoms with van der Waals surface area (Å²) >= 11 is 0. The molecule has 1 amide bonds. The molecule has 0 unspecified atom stereocenters. The van der Waals surface area contributed by atoms with Crippen molar-refractivity contribution in [3.05, 3.63) is 82.1 Å². The second-order valence-electron chi connectivity index (χ2n) is 9.07. The maximum Gasteiger partial charge on any atom is 0.255 e. The third kappa shape index (κ3) is 4.38. The quantitative estimate of drug-likeness (QED) is 0.458. The molecule has 4 aromatic rings. The highest BCUT2D eigenvalue weighted by atomic mass is 16.3. The van der Waals surface area contributed by atoms with Crippen molar-refractivity contribution < 1.29 is 9.21 Å². The van der Waals surface area contributed by atoms with Crippen LogP contribution in [0.25, 0.3) is 10.9 Å². The Labute approximate surface area is 196 Å². The Balaban J connectivity index is 1.33. The van der Waals surface area contributed by atoms with Crippen LogP contribution in [0.15, 0.2) is 58.1 Å². The number of benzene rings is 1. The lowest BCUT2D eigenvalue weighted by atomic mass is 10.0. The van der Waals surface area contributed by atoms with E-state index in [0.29, 0.717) is 18.7 Å². The highest BCUT2D eigenvalue weighted by Crippen LogP contribution is 2.23. The minimum Gasteiger partial charge on any atom is -0.472 e. The van der Waals surface area contributed by atoms with Crippen molar-refractivity contribution in [2.45, 2.75) is 39.4 Å². The Morgan fingerprint density at radius 2 is 2.03 bits per heavy atom. The predicted molar refractivity (Wildman–Crippen MR) is 127 cm³/mol. The molecule has 4 heterocycles. The lowest BCUT2D eigenvalue weighted by Crippen LogP contribution is -2.34. The fraction of sp³-hybridized carbons (Fsp3) is 0.360. The Morgan fingerprint density at radius 3 is 2.82 bits per heavy atom. The van der Waals surface area contributed by atoms with Gasteiger partial charge in [0.25, 0.3) is 11.5 Å². The first-order chi connectivity index (χ1) is 16.5. The van der Waals surface area contributed by atoms with E-state index in [-0.39, 0.29) is 23.4 Å². The number of para-hydroxylation sites is 1. The van der Waals surface area contributed by atoms with Gasteiger partial charge in [0.2, 0.25) is 0 Å². The number of hydrogen-bond donors (Lipinski definition) is 2. The van der Waals surface area contributed by atoms with E-state index in [1.165, 1.54) is 12.5 Å². The minimum atomic E-state index is -0.279. The van der Waals surface area contributed by atoms with Crippen molar-refractivity contribution in [3.63, 3.8) is 0 Å². The molecule has 9 nitrogen and oxygen atoms in total. The van der Waals surface area contributed by atoms with Crippen LogP contribution in [0, 0.1) is 5.92 Å². The summed E-state index contributed by atoms with van der Waals surface area (Å²) in [7, 11) is 0. The number of amides is 1. The van der Waals surface area contributed by atoms with Gasteiger partial charge < -0.3 is 19.3 Å². The molecule has 1 aliphatic heterocycles. The van der Waals surface area contributed by atoms with Gasteiger partial charge in [0.1, 0.15) is 12.1 Å². The van der Waals surface area contributed by atoms with Gasteiger partial charge >= 0.3 is 0 Å². The van der Waals surface area contributed by atoms with Crippen LogP contribution in [0.2, 0.25) is 0 Å². The lowest BCUT2D eigenvalue weighted by molar-refractivity contribution is 0.0921. The van der Waals surface area contributed by atoms with Gasteiger partial charge in [-0.05, 0) is 29.5 Å². The Kier molecular flexibility index (Phi) is 6.02. The number of carbonyl (C=O) groups excluding carboxylic acids is 1. The van der Waals surface area contributed by atoms with Crippen LogP contribution in [0.3, 0.4) is 0 Å². The second-order valence-corrected chi connectivity index (χ2v) is 9.07. The first-order valence-corrected chi connectivity index (χ1v) is 11.6. The largest absolute Gasteiger partial charge is 0.472 e. The standard InChI is InChI=1S/C25H28N6O3/c1-16(2)22(27-24(32)18-8-12-34-15-18)23-29-28-21-7-9-30(10-11-31(21)23)14-19-13-17-5-3-4-6-20(17)26-25(19)33/h3-6,8,12-13,15-16,22H,7,9-11,14H2,1-2H3,(H,26,33)(H,27,32)/t22-/m1/s1. The highest BCUT2D eigenvalue weighted by Gasteiger charge is 2.28. The number of fused-ring (bicyclic) bond motifs is 2. The van der Waals surface area contributed by atoms with E-state index < -0.39 is 0 Å². The van der Waals surface area contributed by atoms with Crippen LogP contribution < -0.4 is 10.9 Å². The monoisotopic (exact) mass is 460 g/mol. The van der Waals surface area contributed by atoms with E-state index in [1.807, 2.05) is 30.3 Å². The number of rotatable bonds is 6. The van der Waals surface area contributed by atoms with Crippen LogP contribution in [0.4, 0.5) is 0 Å². The van der Waals surface area contributed by atoms with Crippen molar-refractivity contribution in [2.75, 3.05) is 13.1 Å². The zero-order valence-corrected chi connectivity index (χ0v) is 19.3. The van der Waals surface area contributed by atoms with Crippen molar-refractivity contribution in [1.82, 2.24) is 30.0 Å². The van der Waals surface area contributed by atoms with Crippen LogP contribution >= 0.6 is 0 Å². The summed E-state index contributed by atoms with van der Waals surface area (Å²) in [6.07, 6.45) is 3.64. The normalized spacial score (nSPS) is 15.3. The SMILES string of the molecule is CC(C)[C@@H](NC(=O)c1ccoc1)c1nnc2n1CCN(Cc1cc3ccccc3[nH]c1=O)CC2. The van der Waals surface area contributed by atoms with Crippen molar-refractivity contribution in [1.29, 1.82) is 0 Å². The summed E-state index contributed by atoms with van der Waals surface area (Å²) in [5.41, 5.74) is 2.03. The van der Waals surface area contributed by atoms with Crippen molar-refractivity contribution >= 4 is 16.8 Å². The summed E-state index contributed by atoms with van der Waals surface area (Å²) < 4.78 is 7.16. The van der Waals surface area contributed by atoms with Crippen molar-refractivity contribution in [2.24, 2.45) is 5.92 Å². The zero-order chi connectivity index (χ0) is 23.7. The topological polar surface area (TPSA) is 109 Å². The molecule has 0 saturated carbocycles. The minimum absolute atomic E-state index is 0.0510. The predicted octanol–water partition coefficient (Wildman–Crippen LogP) is 2.90. The van der Waals surface area contributed by atoms with Crippen LogP contribution in [-0.2, 0) is 19.5 Å². The van der Waals surface area contributed by atoms with E-state index in [1.54, 1.807) is 6.07 Å². The van der Waals surface area contributed by atoms with Gasteiger partial charge in [-0.2, -0.15) is 0 Å². The van der Waals surface area contributed by atoms with Gasteiger partial charge in [-0.1, -0.05) is 32.0 Å². The molecule has 0 fully saturated rings. The van der Waals surface area contributed by atoms with Gasteiger partial charge in [-0.3, -0.25) is 14.5 Å². The third-order valence-electron chi connectivity index (χ3n) is 6.39. The number of nitrogens with one attached hydrogen (secondary N) is 2. The second kappa shape index (κ2) is 9.26. The molecule has 34 heavy (non-hydrogen) atoms. The maximum atomic E-state index is 12.7. The van der Waals surface area contributed by atoms with E-state index in [4.69, 9.17) is 4.42 Å². The number of pyridine rings is 1. The number of nitrogens with zero attached hydrogens (tertiary/aromatic N) is 4. The first-order valence-electron chi connectivity index (χ1n) is 11.6. The van der Waals surface area contributed by atoms with Crippen molar-refractivity contribution in [3.8, 4) is 0 Å². The molecule has 0 radical (unpaired) electrons. The van der Waals surface area contributed by atoms with Gasteiger partial charge in [0.15, 0.2) is 5.82 Å². The molecular formula is C25H28N6O3. The number of hydrogen-bond acceptors (Lipinski definition) is 6. The molecule has 5 rings (SSSR count). The molecule has 0 spiro atoms. The molecule has 0 bridgehead atoms. The molecule has 2 N–H and O–H groups in total. The molecule has 1 aliphatic rings. The Hall–Kier alpha value is -3.72. The molecule has 3 aromatic heterocycles. The Morgan fingerprint density at radius 1 is 1.18 bits per heavy atom. The van der Waals surface area contributed by atoms with Gasteiger partial charge in [0.05, 0.1) is 17.9 Å². The summed E-state index contributed by atoms with van der Waals surface area (Å²) in [6.45, 7) is 6.89. The van der Waals surface area contributed by atoms with E-state index in [0.717, 1.165) is 47.6 Å². The molecule has 0 aliphatic carbocycles. The fourth-order valence-electron chi connectivity index (χ4n) is 4.48. The smallest absolute Gasteiger partial charge is 0.255 e. The highest BCUT2D eigenvalue weighted by molar-refractivity contribution is 5.94. The fourth-order valence-corrected chi connectivity index (χ4v) is 4.48. The molecular weight excluding hydrogens is 432 g/mol. The average Bonchev–Trinajstić information content (AvgIpc) is 3.46. The lowest BCUT2D eigenvalue weighted by Gasteiger charge is -2.23. The van der Waals surface area contributed by atoms with Crippen LogP contribution in [-0.4, -0.2) is 43.6 Å². The van der Waals surface area contributed by atoms with E-state index in [9.17, 15) is 9.59 Å². The van der Waals surface area contributed by atoms with E-state index in [2.05, 4.69) is 43.8 Å². The Bertz CT molecular complexity index is 1350. The van der Waals surface area contributed by atoms with Crippen LogP contribution in [0.5, 0.6) is 0 Å². The number of aromatic nitrogens is 4. The summed E-state index contributed by atoms with van der Waals surface area (Å²) in [4.78, 5) is 30.5. The molecule has 176 valence electrons. The summed E-state index contributed by atoms with van der Waals surface area (Å²) in [5, 5.41) is 13.0. The average molecular weight is 461 g/mol. The van der Waals surface area contributed by atoms with Gasteiger partial charge in [-0.15, -0.1) is 10.2 Å². The summed E-state index contributed by atoms with van der Waals surface area (Å²) in [6, 6.07) is 11.2. The molecule has 1 aromatic carbocycles. The zero-order valence-electron chi connectivity index (χ0n) is 19.3. The van der Waals surface area contributed by atoms with Gasteiger partial charge in [0, 0.05) is 43.7 Å². The third-order valence-corrected chi connectivity index (χ3v) is 6.39. The van der Waals surface area contributed by atoms with Gasteiger partial charge in [-0.25, -0.2) is 0 Å². The molecule has 9 heteroatoms. The van der Waals surface area contributed by atoms with E-state index >= 15 is 0 Å². The van der Waals surface area contributed by atoms with Crippen LogP contribution in [0.1, 0.15) is 47.5 Å².